The van der Waals surface area contributed by atoms with Crippen LogP contribution in [0.1, 0.15) is 20.7 Å². The number of carbonyl (C=O) groups is 2. The lowest BCUT2D eigenvalue weighted by atomic mass is 10.2. The van der Waals surface area contributed by atoms with Crippen LogP contribution in [0.15, 0.2) is 34.0 Å². The van der Waals surface area contributed by atoms with Crippen molar-refractivity contribution in [1.29, 1.82) is 0 Å². The van der Waals surface area contributed by atoms with Gasteiger partial charge in [-0.05, 0) is 12.1 Å². The van der Waals surface area contributed by atoms with Crippen molar-refractivity contribution in [3.05, 3.63) is 56.4 Å². The predicted octanol–water partition coefficient (Wildman–Crippen LogP) is -0.281. The highest BCUT2D eigenvalue weighted by atomic mass is 16.4. The van der Waals surface area contributed by atoms with Crippen molar-refractivity contribution >= 4 is 17.6 Å². The zero-order valence-electron chi connectivity index (χ0n) is 10.3. The van der Waals surface area contributed by atoms with E-state index in [0.717, 1.165) is 18.3 Å². The molecule has 0 saturated heterocycles. The van der Waals surface area contributed by atoms with E-state index in [1.807, 2.05) is 4.98 Å². The van der Waals surface area contributed by atoms with E-state index in [2.05, 4.69) is 10.3 Å². The average Bonchev–Trinajstić information content (AvgIpc) is 2.37. The molecule has 0 unspecified atom stereocenters. The maximum Gasteiger partial charge on any atom is 0.339 e. The third-order valence-electron chi connectivity index (χ3n) is 2.55. The van der Waals surface area contributed by atoms with Gasteiger partial charge in [0.05, 0.1) is 0 Å². The van der Waals surface area contributed by atoms with Crippen LogP contribution in [0.3, 0.4) is 0 Å². The smallest absolute Gasteiger partial charge is 0.339 e. The summed E-state index contributed by atoms with van der Waals surface area (Å²) in [6.45, 7) is 0. The highest BCUT2D eigenvalue weighted by Gasteiger charge is 2.14. The minimum absolute atomic E-state index is 0.0908. The largest absolute Gasteiger partial charge is 0.507 e. The number of H-pyrrole nitrogens is 2. The molecule has 0 aliphatic rings. The van der Waals surface area contributed by atoms with E-state index in [-0.39, 0.29) is 16.8 Å². The summed E-state index contributed by atoms with van der Waals surface area (Å²) in [4.78, 5) is 48.8. The Kier molecular flexibility index (Phi) is 3.57. The van der Waals surface area contributed by atoms with Crippen LogP contribution in [0.25, 0.3) is 0 Å². The maximum atomic E-state index is 11.8. The number of carboxylic acid groups (broad SMARTS) is 1. The summed E-state index contributed by atoms with van der Waals surface area (Å²) >= 11 is 0. The maximum absolute atomic E-state index is 11.8. The van der Waals surface area contributed by atoms with Crippen molar-refractivity contribution in [2.75, 3.05) is 5.32 Å². The average molecular weight is 291 g/mol. The molecule has 1 amide bonds. The number of aromatic hydroxyl groups is 1. The molecule has 0 radical (unpaired) electrons. The van der Waals surface area contributed by atoms with Crippen LogP contribution in [0.5, 0.6) is 5.75 Å². The van der Waals surface area contributed by atoms with Gasteiger partial charge in [0.15, 0.2) is 0 Å². The molecule has 2 aromatic rings. The van der Waals surface area contributed by atoms with Crippen molar-refractivity contribution in [2.24, 2.45) is 0 Å². The molecule has 0 aliphatic carbocycles. The van der Waals surface area contributed by atoms with Gasteiger partial charge in [-0.15, -0.1) is 0 Å². The molecule has 1 aromatic carbocycles. The number of aromatic carboxylic acids is 1. The van der Waals surface area contributed by atoms with E-state index < -0.39 is 28.9 Å². The van der Waals surface area contributed by atoms with Crippen molar-refractivity contribution in [1.82, 2.24) is 9.97 Å². The van der Waals surface area contributed by atoms with Crippen molar-refractivity contribution in [3.63, 3.8) is 0 Å². The molecular weight excluding hydrogens is 282 g/mol. The lowest BCUT2D eigenvalue weighted by Gasteiger charge is -2.06. The fraction of sp³-hybridized carbons (Fsp3) is 0. The number of phenols is 1. The number of aromatic nitrogens is 2. The number of nitrogens with one attached hydrogen (secondary N) is 3. The summed E-state index contributed by atoms with van der Waals surface area (Å²) in [6, 6.07) is 3.38. The minimum atomic E-state index is -1.32. The Morgan fingerprint density at radius 3 is 2.43 bits per heavy atom. The van der Waals surface area contributed by atoms with Gasteiger partial charge in [0.1, 0.15) is 16.9 Å². The monoisotopic (exact) mass is 291 g/mol. The number of anilines is 1. The molecule has 9 heteroatoms. The third-order valence-corrected chi connectivity index (χ3v) is 2.55. The van der Waals surface area contributed by atoms with E-state index in [1.165, 1.54) is 6.07 Å². The summed E-state index contributed by atoms with van der Waals surface area (Å²) in [5.41, 5.74) is -2.19. The number of rotatable bonds is 3. The molecule has 21 heavy (non-hydrogen) atoms. The van der Waals surface area contributed by atoms with E-state index in [9.17, 15) is 24.3 Å². The first-order valence-electron chi connectivity index (χ1n) is 5.58. The highest BCUT2D eigenvalue weighted by molar-refractivity contribution is 6.04. The predicted molar refractivity (Wildman–Crippen MR) is 70.7 cm³/mol. The van der Waals surface area contributed by atoms with E-state index in [4.69, 9.17) is 5.11 Å². The van der Waals surface area contributed by atoms with Crippen LogP contribution in [-0.2, 0) is 0 Å². The molecule has 1 heterocycles. The quantitative estimate of drug-likeness (QED) is 0.524. The fourth-order valence-corrected chi connectivity index (χ4v) is 1.57. The van der Waals surface area contributed by atoms with Gasteiger partial charge >= 0.3 is 11.7 Å². The van der Waals surface area contributed by atoms with Crippen molar-refractivity contribution in [3.8, 4) is 5.75 Å². The number of hydrogen-bond donors (Lipinski definition) is 5. The number of carbonyl (C=O) groups excluding carboxylic acids is 1. The van der Waals surface area contributed by atoms with Gasteiger partial charge in [-0.3, -0.25) is 14.6 Å². The molecule has 108 valence electrons. The first kappa shape index (κ1) is 14.1. The topological polar surface area (TPSA) is 152 Å². The van der Waals surface area contributed by atoms with Gasteiger partial charge in [-0.1, -0.05) is 0 Å². The van der Waals surface area contributed by atoms with Gasteiger partial charge in [0.2, 0.25) is 0 Å². The second-order valence-electron chi connectivity index (χ2n) is 3.98. The molecule has 1 aromatic heterocycles. The van der Waals surface area contributed by atoms with Crippen molar-refractivity contribution < 1.29 is 19.8 Å². The standard InChI is InChI=1S/C12H9N3O6/c16-8-3-5(1-2-6(8)11(19)20)14-9(17)7-4-13-12(21)15-10(7)18/h1-4,16H,(H,14,17)(H,19,20)(H2,13,15,18,21). The lowest BCUT2D eigenvalue weighted by Crippen LogP contribution is -2.29. The highest BCUT2D eigenvalue weighted by Crippen LogP contribution is 2.22. The van der Waals surface area contributed by atoms with Crippen LogP contribution in [-0.4, -0.2) is 32.1 Å². The molecule has 0 atom stereocenters. The molecule has 0 fully saturated rings. The summed E-state index contributed by atoms with van der Waals surface area (Å²) < 4.78 is 0. The number of benzene rings is 1. The summed E-state index contributed by atoms with van der Waals surface area (Å²) in [5.74, 6) is -2.67. The van der Waals surface area contributed by atoms with Crippen LogP contribution in [0, 0.1) is 0 Å². The SMILES string of the molecule is O=C(O)c1ccc(NC(=O)c2c[nH]c(=O)[nH]c2=O)cc1O. The van der Waals surface area contributed by atoms with Crippen LogP contribution >= 0.6 is 0 Å². The Morgan fingerprint density at radius 1 is 1.14 bits per heavy atom. The van der Waals surface area contributed by atoms with Gasteiger partial charge < -0.3 is 20.5 Å². The molecule has 0 bridgehead atoms. The molecule has 0 aliphatic heterocycles. The number of hydrogen-bond acceptors (Lipinski definition) is 5. The van der Waals surface area contributed by atoms with Gasteiger partial charge in [0, 0.05) is 18.0 Å². The zero-order valence-corrected chi connectivity index (χ0v) is 10.3. The second-order valence-corrected chi connectivity index (χ2v) is 3.98. The minimum Gasteiger partial charge on any atom is -0.507 e. The summed E-state index contributed by atoms with van der Waals surface area (Å²) in [7, 11) is 0. The Bertz CT molecular complexity index is 835. The molecule has 0 spiro atoms. The fourth-order valence-electron chi connectivity index (χ4n) is 1.57. The summed E-state index contributed by atoms with van der Waals surface area (Å²) in [5, 5.41) is 20.5. The molecule has 0 saturated carbocycles. The first-order chi connectivity index (χ1) is 9.88. The van der Waals surface area contributed by atoms with E-state index in [0.29, 0.717) is 0 Å². The molecule has 9 nitrogen and oxygen atoms in total. The third kappa shape index (κ3) is 2.97. The first-order valence-corrected chi connectivity index (χ1v) is 5.58. The second kappa shape index (κ2) is 5.33. The Hall–Kier alpha value is -3.36. The number of aromatic amines is 2. The van der Waals surface area contributed by atoms with Crippen LogP contribution in [0.2, 0.25) is 0 Å². The Labute approximate surface area is 115 Å². The summed E-state index contributed by atoms with van der Waals surface area (Å²) in [6.07, 6.45) is 0.946. The lowest BCUT2D eigenvalue weighted by molar-refractivity contribution is 0.0693. The van der Waals surface area contributed by atoms with E-state index >= 15 is 0 Å². The van der Waals surface area contributed by atoms with Crippen molar-refractivity contribution in [2.45, 2.75) is 0 Å². The van der Waals surface area contributed by atoms with Crippen LogP contribution < -0.4 is 16.6 Å². The Balaban J connectivity index is 2.28. The van der Waals surface area contributed by atoms with Gasteiger partial charge in [0.25, 0.3) is 11.5 Å². The van der Waals surface area contributed by atoms with Crippen LogP contribution in [0.4, 0.5) is 5.69 Å². The molecule has 2 rings (SSSR count). The number of amides is 1. The normalized spacial score (nSPS) is 10.1. The Morgan fingerprint density at radius 2 is 1.86 bits per heavy atom. The van der Waals surface area contributed by atoms with E-state index in [1.54, 1.807) is 0 Å². The zero-order chi connectivity index (χ0) is 15.6. The number of carboxylic acids is 1. The molecule has 5 N–H and O–H groups in total. The van der Waals surface area contributed by atoms with Gasteiger partial charge in [-0.25, -0.2) is 9.59 Å². The van der Waals surface area contributed by atoms with Gasteiger partial charge in [-0.2, -0.15) is 0 Å². The molecular formula is C12H9N3O6.